The summed E-state index contributed by atoms with van der Waals surface area (Å²) in [5, 5.41) is 0. The summed E-state index contributed by atoms with van der Waals surface area (Å²) in [6.07, 6.45) is 12.0. The van der Waals surface area contributed by atoms with E-state index in [1.807, 2.05) is 0 Å². The molecule has 5 aliphatic carbocycles. The van der Waals surface area contributed by atoms with Crippen molar-refractivity contribution in [3.63, 3.8) is 0 Å². The van der Waals surface area contributed by atoms with E-state index in [1.54, 1.807) is 0 Å². The van der Waals surface area contributed by atoms with E-state index in [1.165, 1.54) is 24.8 Å². The number of carbonyl (C=O) groups is 2. The fourth-order valence-corrected chi connectivity index (χ4v) is 10.4. The number of rotatable bonds is 0. The molecule has 0 amide bonds. The molecule has 178 valence electrons. The van der Waals surface area contributed by atoms with Crippen LogP contribution < -0.4 is 0 Å². The van der Waals surface area contributed by atoms with E-state index < -0.39 is 0 Å². The number of Topliss-reactive ketones (excluding diaryl/α,β-unsaturated/α-hetero) is 1. The van der Waals surface area contributed by atoms with Gasteiger partial charge in [0.25, 0.3) is 0 Å². The Balaban J connectivity index is 1.61. The highest BCUT2D eigenvalue weighted by molar-refractivity contribution is 5.97. The van der Waals surface area contributed by atoms with Crippen LogP contribution in [0.1, 0.15) is 113 Å². The molecule has 5 rings (SSSR count). The lowest BCUT2D eigenvalue weighted by atomic mass is 9.34. The molecule has 0 aromatic rings. The third kappa shape index (κ3) is 2.65. The first-order valence-corrected chi connectivity index (χ1v) is 13.4. The van der Waals surface area contributed by atoms with Crippen molar-refractivity contribution in [1.29, 1.82) is 0 Å². The number of hydrogen-bond donors (Lipinski definition) is 0. The molecular weight excluding hydrogens is 392 g/mol. The first-order chi connectivity index (χ1) is 14.6. The van der Waals surface area contributed by atoms with E-state index >= 15 is 0 Å². The Morgan fingerprint density at radius 3 is 1.94 bits per heavy atom. The molecule has 0 saturated heterocycles. The first kappa shape index (κ1) is 22.9. The van der Waals surface area contributed by atoms with Gasteiger partial charge < -0.3 is 0 Å². The van der Waals surface area contributed by atoms with Crippen LogP contribution in [0.15, 0.2) is 11.6 Å². The van der Waals surface area contributed by atoms with Gasteiger partial charge >= 0.3 is 0 Å². The van der Waals surface area contributed by atoms with Gasteiger partial charge in [0.2, 0.25) is 0 Å². The van der Waals surface area contributed by atoms with Crippen LogP contribution in [0.3, 0.4) is 0 Å². The molecule has 0 unspecified atom stereocenters. The van der Waals surface area contributed by atoms with Crippen LogP contribution >= 0.6 is 0 Å². The Morgan fingerprint density at radius 1 is 0.688 bits per heavy atom. The second-order valence-electron chi connectivity index (χ2n) is 14.9. The molecule has 0 aromatic heterocycles. The fraction of sp³-hybridized carbons (Fsp3) is 0.867. The molecule has 0 N–H and O–H groups in total. The monoisotopic (exact) mass is 438 g/mol. The molecular formula is C30H46O2. The molecule has 7 atom stereocenters. The van der Waals surface area contributed by atoms with Gasteiger partial charge in [-0.25, -0.2) is 0 Å². The Kier molecular flexibility index (Phi) is 4.57. The standard InChI is InChI=1S/C30H46O2/c1-25(2)15-16-30(8)22(18-25)29(7)13-10-20-27(5)14-11-23(31)26(3,4)19(27)9-12-28(20,6)21(29)17-24(30)32/h17,19-20,22H,9-16,18H2,1-8H3/t19-,20-,22+,27+,28+,29-,30-/m1/s1. The summed E-state index contributed by atoms with van der Waals surface area (Å²) in [6, 6.07) is 0. The lowest BCUT2D eigenvalue weighted by Gasteiger charge is -2.69. The number of carbonyl (C=O) groups excluding carboxylic acids is 2. The van der Waals surface area contributed by atoms with Crippen LogP contribution in [-0.4, -0.2) is 11.6 Å². The molecule has 0 bridgehead atoms. The number of fused-ring (bicyclic) bond motifs is 7. The summed E-state index contributed by atoms with van der Waals surface area (Å²) in [7, 11) is 0. The summed E-state index contributed by atoms with van der Waals surface area (Å²) in [5.74, 6) is 2.39. The van der Waals surface area contributed by atoms with E-state index in [-0.39, 0.29) is 27.1 Å². The number of ketones is 2. The van der Waals surface area contributed by atoms with Crippen molar-refractivity contribution in [3.8, 4) is 0 Å². The Bertz CT molecular complexity index is 908. The third-order valence-corrected chi connectivity index (χ3v) is 12.4. The topological polar surface area (TPSA) is 34.1 Å². The molecule has 5 aliphatic rings. The fourth-order valence-electron chi connectivity index (χ4n) is 10.4. The number of hydrogen-bond acceptors (Lipinski definition) is 2. The van der Waals surface area contributed by atoms with Gasteiger partial charge in [-0.2, -0.15) is 0 Å². The van der Waals surface area contributed by atoms with Crippen molar-refractivity contribution in [3.05, 3.63) is 11.6 Å². The quantitative estimate of drug-likeness (QED) is 0.391. The van der Waals surface area contributed by atoms with E-state index in [9.17, 15) is 9.59 Å². The highest BCUT2D eigenvalue weighted by Crippen LogP contribution is 2.74. The van der Waals surface area contributed by atoms with Crippen molar-refractivity contribution in [2.24, 2.45) is 50.2 Å². The summed E-state index contributed by atoms with van der Waals surface area (Å²) in [6.45, 7) is 19.1. The van der Waals surface area contributed by atoms with Crippen LogP contribution in [0.25, 0.3) is 0 Å². The highest BCUT2D eigenvalue weighted by atomic mass is 16.1. The molecule has 0 spiro atoms. The second-order valence-corrected chi connectivity index (χ2v) is 14.9. The minimum atomic E-state index is -0.211. The molecule has 2 heteroatoms. The molecule has 4 fully saturated rings. The average Bonchev–Trinajstić information content (AvgIpc) is 2.68. The molecule has 0 aliphatic heterocycles. The number of allylic oxidation sites excluding steroid dienone is 2. The average molecular weight is 439 g/mol. The zero-order valence-corrected chi connectivity index (χ0v) is 22.0. The van der Waals surface area contributed by atoms with Gasteiger partial charge in [0.15, 0.2) is 5.78 Å². The van der Waals surface area contributed by atoms with Crippen LogP contribution in [0.4, 0.5) is 0 Å². The van der Waals surface area contributed by atoms with E-state index in [2.05, 4.69) is 61.5 Å². The summed E-state index contributed by atoms with van der Waals surface area (Å²) >= 11 is 0. The molecule has 0 heterocycles. The maximum Gasteiger partial charge on any atom is 0.161 e. The van der Waals surface area contributed by atoms with Gasteiger partial charge in [-0.1, -0.05) is 61.0 Å². The van der Waals surface area contributed by atoms with E-state index in [0.717, 1.165) is 38.5 Å². The molecule has 32 heavy (non-hydrogen) atoms. The Labute approximate surface area is 196 Å². The smallest absolute Gasteiger partial charge is 0.161 e. The summed E-state index contributed by atoms with van der Waals surface area (Å²) in [4.78, 5) is 26.6. The maximum absolute atomic E-state index is 13.8. The van der Waals surface area contributed by atoms with Gasteiger partial charge in [0.1, 0.15) is 5.78 Å². The zero-order valence-electron chi connectivity index (χ0n) is 22.0. The zero-order chi connectivity index (χ0) is 23.5. The largest absolute Gasteiger partial charge is 0.299 e. The predicted octanol–water partition coefficient (Wildman–Crippen LogP) is 7.56. The Hall–Kier alpha value is -0.920. The highest BCUT2D eigenvalue weighted by Gasteiger charge is 2.68. The molecule has 0 aromatic carbocycles. The van der Waals surface area contributed by atoms with Crippen LogP contribution in [0, 0.1) is 50.2 Å². The van der Waals surface area contributed by atoms with Gasteiger partial charge in [0.05, 0.1) is 0 Å². The van der Waals surface area contributed by atoms with Crippen molar-refractivity contribution in [2.75, 3.05) is 0 Å². The lowest BCUT2D eigenvalue weighted by Crippen LogP contribution is -2.63. The summed E-state index contributed by atoms with van der Waals surface area (Å²) in [5.41, 5.74) is 1.85. The minimum absolute atomic E-state index is 0.0906. The molecule has 4 saturated carbocycles. The predicted molar refractivity (Wildman–Crippen MR) is 130 cm³/mol. The SMILES string of the molecule is CC1(C)CC[C@@]2(C)C(=O)C=C3[C@@]4(C)CC[C@@H]5C(C)(C)C(=O)CC[C@]5(C)[C@H]4CC[C@@]3(C)[C@@H]2C1. The minimum Gasteiger partial charge on any atom is -0.299 e. The van der Waals surface area contributed by atoms with E-state index in [0.29, 0.717) is 34.7 Å². The Morgan fingerprint density at radius 2 is 1.28 bits per heavy atom. The van der Waals surface area contributed by atoms with Crippen molar-refractivity contribution >= 4 is 11.6 Å². The van der Waals surface area contributed by atoms with Crippen LogP contribution in [0.5, 0.6) is 0 Å². The molecule has 0 radical (unpaired) electrons. The second kappa shape index (κ2) is 6.39. The van der Waals surface area contributed by atoms with Crippen molar-refractivity contribution in [2.45, 2.75) is 113 Å². The van der Waals surface area contributed by atoms with Crippen LogP contribution in [-0.2, 0) is 9.59 Å². The molecule has 2 nitrogen and oxygen atoms in total. The summed E-state index contributed by atoms with van der Waals surface area (Å²) < 4.78 is 0. The van der Waals surface area contributed by atoms with Crippen molar-refractivity contribution < 1.29 is 9.59 Å². The van der Waals surface area contributed by atoms with Crippen LogP contribution in [0.2, 0.25) is 0 Å². The maximum atomic E-state index is 13.8. The van der Waals surface area contributed by atoms with Crippen molar-refractivity contribution in [1.82, 2.24) is 0 Å². The first-order valence-electron chi connectivity index (χ1n) is 13.4. The third-order valence-electron chi connectivity index (χ3n) is 12.4. The van der Waals surface area contributed by atoms with Gasteiger partial charge in [-0.05, 0) is 96.9 Å². The normalized spacial score (nSPS) is 51.6. The van der Waals surface area contributed by atoms with E-state index in [4.69, 9.17) is 0 Å². The van der Waals surface area contributed by atoms with Gasteiger partial charge in [0, 0.05) is 17.3 Å². The van der Waals surface area contributed by atoms with Gasteiger partial charge in [-0.15, -0.1) is 0 Å². The lowest BCUT2D eigenvalue weighted by molar-refractivity contribution is -0.170. The van der Waals surface area contributed by atoms with Gasteiger partial charge in [-0.3, -0.25) is 9.59 Å².